The Hall–Kier alpha value is -2.87. The number of carbonyl (C=O) groups excluding carboxylic acids is 3. The summed E-state index contributed by atoms with van der Waals surface area (Å²) in [5, 5.41) is 11.0. The summed E-state index contributed by atoms with van der Waals surface area (Å²) in [5.41, 5.74) is 7.56. The van der Waals surface area contributed by atoms with Gasteiger partial charge in [0.25, 0.3) is 0 Å². The molecular formula is C46H73N5O3. The average Bonchev–Trinajstić information content (AvgIpc) is 3.92. The second-order valence-electron chi connectivity index (χ2n) is 18.2. The highest BCUT2D eigenvalue weighted by Gasteiger charge is 2.35. The van der Waals surface area contributed by atoms with Gasteiger partial charge in [0.2, 0.25) is 5.91 Å². The molecule has 0 bridgehead atoms. The van der Waals surface area contributed by atoms with Crippen LogP contribution in [-0.4, -0.2) is 47.4 Å². The van der Waals surface area contributed by atoms with Gasteiger partial charge in [-0.25, -0.2) is 4.79 Å². The van der Waals surface area contributed by atoms with E-state index in [0.717, 1.165) is 65.8 Å². The number of rotatable bonds is 16. The van der Waals surface area contributed by atoms with Gasteiger partial charge in [0, 0.05) is 36.1 Å². The summed E-state index contributed by atoms with van der Waals surface area (Å²) in [7, 11) is 0. The summed E-state index contributed by atoms with van der Waals surface area (Å²) in [4.78, 5) is 43.5. The van der Waals surface area contributed by atoms with E-state index in [2.05, 4.69) is 39.1 Å². The molecule has 4 saturated carbocycles. The molecule has 1 heterocycles. The molecule has 2 aromatic rings. The van der Waals surface area contributed by atoms with Crippen LogP contribution in [0.15, 0.2) is 30.5 Å². The minimum absolute atomic E-state index is 0.0835. The Labute approximate surface area is 326 Å². The highest BCUT2D eigenvalue weighted by atomic mass is 16.2. The fourth-order valence-corrected chi connectivity index (χ4v) is 11.1. The summed E-state index contributed by atoms with van der Waals surface area (Å²) in [6.45, 7) is 0.393. The predicted octanol–water partition coefficient (Wildman–Crippen LogP) is 9.65. The number of aromatic amines is 1. The Kier molecular flexibility index (Phi) is 16.2. The van der Waals surface area contributed by atoms with Crippen LogP contribution in [0.2, 0.25) is 0 Å². The molecule has 0 saturated heterocycles. The molecule has 54 heavy (non-hydrogen) atoms. The van der Waals surface area contributed by atoms with Gasteiger partial charge in [-0.1, -0.05) is 115 Å². The molecule has 300 valence electrons. The van der Waals surface area contributed by atoms with Gasteiger partial charge < -0.3 is 26.7 Å². The van der Waals surface area contributed by atoms with Crippen molar-refractivity contribution in [3.8, 4) is 0 Å². The fraction of sp³-hybridized carbons (Fsp3) is 0.761. The van der Waals surface area contributed by atoms with Crippen molar-refractivity contribution in [2.45, 2.75) is 185 Å². The van der Waals surface area contributed by atoms with E-state index in [4.69, 9.17) is 5.73 Å². The number of amides is 3. The first-order valence-corrected chi connectivity index (χ1v) is 22.6. The third-order valence-corrected chi connectivity index (χ3v) is 14.1. The van der Waals surface area contributed by atoms with Crippen molar-refractivity contribution in [2.75, 3.05) is 6.54 Å². The lowest BCUT2D eigenvalue weighted by atomic mass is 9.82. The summed E-state index contributed by atoms with van der Waals surface area (Å²) >= 11 is 0. The van der Waals surface area contributed by atoms with E-state index in [0.29, 0.717) is 44.2 Å². The lowest BCUT2D eigenvalue weighted by molar-refractivity contribution is -0.129. The number of nitrogens with two attached hydrogens (primary N) is 1. The molecular weight excluding hydrogens is 671 g/mol. The van der Waals surface area contributed by atoms with E-state index in [1.807, 2.05) is 12.3 Å². The number of benzene rings is 1. The molecule has 0 aliphatic heterocycles. The number of H-pyrrole nitrogens is 1. The van der Waals surface area contributed by atoms with Gasteiger partial charge >= 0.3 is 6.03 Å². The number of Topliss-reactive ketones (excluding diaryl/α,β-unsaturated/α-hetero) is 1. The maximum absolute atomic E-state index is 14.5. The Morgan fingerprint density at radius 2 is 1.41 bits per heavy atom. The smallest absolute Gasteiger partial charge is 0.312 e. The average molecular weight is 744 g/mol. The Bertz CT molecular complexity index is 1440. The Morgan fingerprint density at radius 1 is 0.722 bits per heavy atom. The summed E-state index contributed by atoms with van der Waals surface area (Å²) in [5.74, 6) is 3.58. The van der Waals surface area contributed by atoms with Crippen LogP contribution in [0.25, 0.3) is 10.9 Å². The molecule has 1 aromatic heterocycles. The first-order valence-electron chi connectivity index (χ1n) is 22.6. The van der Waals surface area contributed by atoms with E-state index in [-0.39, 0.29) is 11.7 Å². The zero-order chi connectivity index (χ0) is 37.5. The molecule has 6 N–H and O–H groups in total. The number of hydrogen-bond acceptors (Lipinski definition) is 4. The topological polar surface area (TPSA) is 129 Å². The van der Waals surface area contributed by atoms with Crippen molar-refractivity contribution < 1.29 is 14.4 Å². The summed E-state index contributed by atoms with van der Waals surface area (Å²) in [6.07, 6.45) is 33.1. The van der Waals surface area contributed by atoms with Crippen molar-refractivity contribution in [2.24, 2.45) is 35.3 Å². The lowest BCUT2D eigenvalue weighted by Gasteiger charge is -2.27. The van der Waals surface area contributed by atoms with E-state index in [1.165, 1.54) is 116 Å². The number of carbonyl (C=O) groups is 3. The van der Waals surface area contributed by atoms with Gasteiger partial charge in [0.05, 0.1) is 12.1 Å². The quantitative estimate of drug-likeness (QED) is 0.110. The first-order chi connectivity index (χ1) is 26.4. The van der Waals surface area contributed by atoms with Crippen LogP contribution in [0, 0.1) is 29.6 Å². The third kappa shape index (κ3) is 12.6. The summed E-state index contributed by atoms with van der Waals surface area (Å²) < 4.78 is 0. The standard InChI is InChI=1S/C46H73N5O3/c47-46(54)48-26-14-21-42(44(52)30-35-22-24-37(28-35)36-17-10-6-1-2-7-11-18-36)51-45(53)43(31-38-32-49-41-20-13-12-19-40(38)41)50-39-25-23-34(29-39)27-33-15-8-4-3-5-9-16-33/h12-13,19-20,32-37,39,42-43,49-50H,1-11,14-18,21-31H2,(H,51,53)(H3,47,48,54)/t34?,35?,37?,39?,42-,43-/m1/s1. The largest absolute Gasteiger partial charge is 0.361 e. The van der Waals surface area contributed by atoms with E-state index < -0.39 is 18.1 Å². The van der Waals surface area contributed by atoms with Crippen molar-refractivity contribution in [3.05, 3.63) is 36.0 Å². The fourth-order valence-electron chi connectivity index (χ4n) is 11.1. The second-order valence-corrected chi connectivity index (χ2v) is 18.2. The zero-order valence-electron chi connectivity index (χ0n) is 33.4. The molecule has 1 aromatic carbocycles. The normalized spacial score (nSPS) is 26.2. The van der Waals surface area contributed by atoms with Crippen LogP contribution in [0.3, 0.4) is 0 Å². The number of ketones is 1. The molecule has 4 aliphatic rings. The predicted molar refractivity (Wildman–Crippen MR) is 220 cm³/mol. The summed E-state index contributed by atoms with van der Waals surface area (Å²) in [6, 6.07) is 7.03. The van der Waals surface area contributed by atoms with E-state index in [1.54, 1.807) is 0 Å². The van der Waals surface area contributed by atoms with Crippen molar-refractivity contribution >= 4 is 28.6 Å². The Morgan fingerprint density at radius 3 is 2.15 bits per heavy atom. The van der Waals surface area contributed by atoms with Crippen LogP contribution in [-0.2, 0) is 16.0 Å². The maximum Gasteiger partial charge on any atom is 0.312 e. The highest BCUT2D eigenvalue weighted by Crippen LogP contribution is 2.42. The van der Waals surface area contributed by atoms with Crippen LogP contribution in [0.5, 0.6) is 0 Å². The number of fused-ring (bicyclic) bond motifs is 1. The number of primary amides is 1. The van der Waals surface area contributed by atoms with Crippen LogP contribution in [0.4, 0.5) is 4.79 Å². The molecule has 8 nitrogen and oxygen atoms in total. The second kappa shape index (κ2) is 21.4. The van der Waals surface area contributed by atoms with Gasteiger partial charge in [0.1, 0.15) is 0 Å². The Balaban J connectivity index is 1.11. The van der Waals surface area contributed by atoms with Crippen molar-refractivity contribution in [1.29, 1.82) is 0 Å². The molecule has 4 aliphatic carbocycles. The molecule has 6 rings (SSSR count). The zero-order valence-corrected chi connectivity index (χ0v) is 33.4. The lowest BCUT2D eigenvalue weighted by Crippen LogP contribution is -2.53. The highest BCUT2D eigenvalue weighted by molar-refractivity contribution is 5.92. The molecule has 3 amide bonds. The number of nitrogens with one attached hydrogen (secondary N) is 4. The SMILES string of the molecule is NC(=O)NCCC[C@@H](NC(=O)[C@@H](Cc1c[nH]c2ccccc12)NC1CCC(CC2CCCCCCC2)C1)C(=O)CC1CCC(C2CCCCCCCC2)C1. The van der Waals surface area contributed by atoms with Crippen LogP contribution >= 0.6 is 0 Å². The van der Waals surface area contributed by atoms with Gasteiger partial charge in [-0.3, -0.25) is 9.59 Å². The van der Waals surface area contributed by atoms with E-state index in [9.17, 15) is 14.4 Å². The molecule has 4 fully saturated rings. The molecule has 0 spiro atoms. The van der Waals surface area contributed by atoms with Crippen LogP contribution < -0.4 is 21.7 Å². The number of urea groups is 1. The van der Waals surface area contributed by atoms with Gasteiger partial charge in [0.15, 0.2) is 5.78 Å². The monoisotopic (exact) mass is 744 g/mol. The molecule has 0 radical (unpaired) electrons. The molecule has 4 unspecified atom stereocenters. The van der Waals surface area contributed by atoms with Crippen LogP contribution in [0.1, 0.15) is 166 Å². The molecule has 6 atom stereocenters. The number of aromatic nitrogens is 1. The van der Waals surface area contributed by atoms with Crippen molar-refractivity contribution in [3.63, 3.8) is 0 Å². The van der Waals surface area contributed by atoms with Gasteiger partial charge in [-0.2, -0.15) is 0 Å². The van der Waals surface area contributed by atoms with Crippen molar-refractivity contribution in [1.82, 2.24) is 20.9 Å². The first kappa shape index (κ1) is 40.8. The number of para-hydroxylation sites is 1. The minimum Gasteiger partial charge on any atom is -0.361 e. The van der Waals surface area contributed by atoms with E-state index >= 15 is 0 Å². The third-order valence-electron chi connectivity index (χ3n) is 14.1. The minimum atomic E-state index is -0.570. The molecule has 8 heteroatoms. The van der Waals surface area contributed by atoms with Gasteiger partial charge in [-0.15, -0.1) is 0 Å². The van der Waals surface area contributed by atoms with Gasteiger partial charge in [-0.05, 0) is 105 Å². The maximum atomic E-state index is 14.5. The number of hydrogen-bond donors (Lipinski definition) is 5.